The van der Waals surface area contributed by atoms with E-state index in [1.807, 2.05) is 0 Å². The molecule has 0 aromatic carbocycles. The number of halogens is 3. The highest BCUT2D eigenvalue weighted by Gasteiger charge is 2.29. The fraction of sp³-hybridized carbons (Fsp3) is 1.00. The molecule has 0 aromatic rings. The lowest BCUT2D eigenvalue weighted by Crippen LogP contribution is -2.38. The maximum atomic E-state index is 11.9. The summed E-state index contributed by atoms with van der Waals surface area (Å²) in [6, 6.07) is -0.179. The Kier molecular flexibility index (Phi) is 4.19. The average molecular weight is 210 g/mol. The van der Waals surface area contributed by atoms with Gasteiger partial charge in [0, 0.05) is 12.5 Å². The molecule has 3 N–H and O–H groups in total. The van der Waals surface area contributed by atoms with E-state index in [1.165, 1.54) is 6.42 Å². The van der Waals surface area contributed by atoms with Gasteiger partial charge in [0.1, 0.15) is 0 Å². The topological polar surface area (TPSA) is 38.0 Å². The van der Waals surface area contributed by atoms with Crippen LogP contribution in [0.2, 0.25) is 0 Å². The summed E-state index contributed by atoms with van der Waals surface area (Å²) in [6.45, 7) is 0. The quantitative estimate of drug-likeness (QED) is 0.540. The van der Waals surface area contributed by atoms with Crippen molar-refractivity contribution in [2.24, 2.45) is 11.8 Å². The minimum absolute atomic E-state index is 0.0938. The molecule has 1 rings (SSSR count). The van der Waals surface area contributed by atoms with Crippen LogP contribution in [-0.4, -0.2) is 12.2 Å². The van der Waals surface area contributed by atoms with E-state index in [0.29, 0.717) is 5.92 Å². The number of hydrazine groups is 1. The van der Waals surface area contributed by atoms with Crippen LogP contribution in [0.1, 0.15) is 38.5 Å². The van der Waals surface area contributed by atoms with Gasteiger partial charge in [0.05, 0.1) is 0 Å². The second kappa shape index (κ2) is 4.98. The van der Waals surface area contributed by atoms with Crippen LogP contribution in [0.5, 0.6) is 0 Å². The lowest BCUT2D eigenvalue weighted by Gasteiger charge is -2.29. The van der Waals surface area contributed by atoms with Crippen molar-refractivity contribution >= 4 is 0 Å². The molecule has 1 saturated carbocycles. The third-order valence-corrected chi connectivity index (χ3v) is 2.85. The van der Waals surface area contributed by atoms with Gasteiger partial charge in [0.2, 0.25) is 0 Å². The van der Waals surface area contributed by atoms with Gasteiger partial charge in [-0.1, -0.05) is 19.3 Å². The molecule has 0 radical (unpaired) electrons. The molecule has 1 aliphatic rings. The molecule has 1 fully saturated rings. The standard InChI is InChI=1S/C9H17F3N2/c10-9(11,12)5-4-8(14-13)6-7-2-1-3-7/h7-8,14H,1-6,13H2. The van der Waals surface area contributed by atoms with Gasteiger partial charge in [-0.15, -0.1) is 0 Å². The van der Waals surface area contributed by atoms with E-state index in [2.05, 4.69) is 5.43 Å². The normalized spacial score (nSPS) is 20.6. The number of nitrogens with one attached hydrogen (secondary N) is 1. The highest BCUT2D eigenvalue weighted by atomic mass is 19.4. The second-order valence-electron chi connectivity index (χ2n) is 4.05. The molecule has 1 unspecified atom stereocenters. The lowest BCUT2D eigenvalue weighted by atomic mass is 9.80. The first-order chi connectivity index (χ1) is 6.51. The van der Waals surface area contributed by atoms with Gasteiger partial charge < -0.3 is 0 Å². The van der Waals surface area contributed by atoms with Crippen molar-refractivity contribution in [1.29, 1.82) is 0 Å². The van der Waals surface area contributed by atoms with Crippen LogP contribution in [0.4, 0.5) is 13.2 Å². The minimum Gasteiger partial charge on any atom is -0.271 e. The summed E-state index contributed by atoms with van der Waals surface area (Å²) in [5.74, 6) is 5.80. The molecular formula is C9H17F3N2. The molecule has 0 amide bonds. The second-order valence-corrected chi connectivity index (χ2v) is 4.05. The largest absolute Gasteiger partial charge is 0.389 e. The van der Waals surface area contributed by atoms with Gasteiger partial charge in [0.25, 0.3) is 0 Å². The van der Waals surface area contributed by atoms with Crippen molar-refractivity contribution in [3.63, 3.8) is 0 Å². The molecule has 0 heterocycles. The number of alkyl halides is 3. The van der Waals surface area contributed by atoms with Crippen LogP contribution in [0.15, 0.2) is 0 Å². The summed E-state index contributed by atoms with van der Waals surface area (Å²) in [5, 5.41) is 0. The van der Waals surface area contributed by atoms with Crippen LogP contribution in [-0.2, 0) is 0 Å². The first kappa shape index (κ1) is 11.8. The zero-order valence-electron chi connectivity index (χ0n) is 8.11. The first-order valence-electron chi connectivity index (χ1n) is 5.04. The molecule has 1 atom stereocenters. The Balaban J connectivity index is 2.17. The zero-order valence-corrected chi connectivity index (χ0v) is 8.11. The van der Waals surface area contributed by atoms with Crippen molar-refractivity contribution in [1.82, 2.24) is 5.43 Å². The van der Waals surface area contributed by atoms with Gasteiger partial charge >= 0.3 is 6.18 Å². The zero-order chi connectivity index (χ0) is 10.6. The summed E-state index contributed by atoms with van der Waals surface area (Å²) in [7, 11) is 0. The smallest absolute Gasteiger partial charge is 0.271 e. The molecule has 0 saturated heterocycles. The molecule has 0 spiro atoms. The van der Waals surface area contributed by atoms with Crippen molar-refractivity contribution in [3.8, 4) is 0 Å². The summed E-state index contributed by atoms with van der Waals surface area (Å²) in [4.78, 5) is 0. The fourth-order valence-corrected chi connectivity index (χ4v) is 1.74. The van der Waals surface area contributed by atoms with Gasteiger partial charge in [-0.05, 0) is 18.8 Å². The van der Waals surface area contributed by atoms with Gasteiger partial charge in [-0.25, -0.2) is 0 Å². The highest BCUT2D eigenvalue weighted by molar-refractivity contribution is 4.76. The third-order valence-electron chi connectivity index (χ3n) is 2.85. The lowest BCUT2D eigenvalue weighted by molar-refractivity contribution is -0.136. The van der Waals surface area contributed by atoms with Crippen LogP contribution in [0, 0.1) is 5.92 Å². The van der Waals surface area contributed by atoms with Crippen molar-refractivity contribution in [3.05, 3.63) is 0 Å². The van der Waals surface area contributed by atoms with Gasteiger partial charge in [0.15, 0.2) is 0 Å². The molecule has 5 heteroatoms. The van der Waals surface area contributed by atoms with Crippen LogP contribution >= 0.6 is 0 Å². The summed E-state index contributed by atoms with van der Waals surface area (Å²) in [6.07, 6.45) is -0.429. The number of hydrogen-bond acceptors (Lipinski definition) is 2. The SMILES string of the molecule is NNC(CCC(F)(F)F)CC1CCC1. The Hall–Kier alpha value is -0.290. The van der Waals surface area contributed by atoms with E-state index in [-0.39, 0.29) is 12.5 Å². The molecule has 1 aliphatic carbocycles. The number of hydrogen-bond donors (Lipinski definition) is 2. The van der Waals surface area contributed by atoms with Crippen molar-refractivity contribution in [2.75, 3.05) is 0 Å². The molecule has 0 bridgehead atoms. The number of nitrogens with two attached hydrogens (primary N) is 1. The fourth-order valence-electron chi connectivity index (χ4n) is 1.74. The molecule has 84 valence electrons. The minimum atomic E-state index is -4.06. The molecule has 0 aromatic heterocycles. The predicted molar refractivity (Wildman–Crippen MR) is 48.4 cm³/mol. The Labute approximate surface area is 82.0 Å². The monoisotopic (exact) mass is 210 g/mol. The van der Waals surface area contributed by atoms with Gasteiger partial charge in [-0.2, -0.15) is 13.2 Å². The van der Waals surface area contributed by atoms with Gasteiger partial charge in [-0.3, -0.25) is 11.3 Å². The predicted octanol–water partition coefficient (Wildman–Crippen LogP) is 2.35. The Morgan fingerprint density at radius 2 is 2.00 bits per heavy atom. The third kappa shape index (κ3) is 4.28. The Morgan fingerprint density at radius 3 is 2.36 bits per heavy atom. The molecular weight excluding hydrogens is 193 g/mol. The Bertz CT molecular complexity index is 166. The molecule has 2 nitrogen and oxygen atoms in total. The summed E-state index contributed by atoms with van der Waals surface area (Å²) >= 11 is 0. The summed E-state index contributed by atoms with van der Waals surface area (Å²) in [5.41, 5.74) is 2.47. The van der Waals surface area contributed by atoms with E-state index in [0.717, 1.165) is 19.3 Å². The van der Waals surface area contributed by atoms with Crippen molar-refractivity contribution < 1.29 is 13.2 Å². The van der Waals surface area contributed by atoms with Crippen LogP contribution < -0.4 is 11.3 Å². The van der Waals surface area contributed by atoms with E-state index >= 15 is 0 Å². The van der Waals surface area contributed by atoms with E-state index < -0.39 is 12.6 Å². The van der Waals surface area contributed by atoms with Crippen molar-refractivity contribution in [2.45, 2.75) is 50.7 Å². The highest BCUT2D eigenvalue weighted by Crippen LogP contribution is 2.32. The summed E-state index contributed by atoms with van der Waals surface area (Å²) < 4.78 is 35.8. The van der Waals surface area contributed by atoms with E-state index in [9.17, 15) is 13.2 Å². The maximum Gasteiger partial charge on any atom is 0.389 e. The maximum absolute atomic E-state index is 11.9. The number of rotatable bonds is 5. The molecule has 0 aliphatic heterocycles. The van der Waals surface area contributed by atoms with E-state index in [1.54, 1.807) is 0 Å². The average Bonchev–Trinajstić information content (AvgIpc) is 2.00. The van der Waals surface area contributed by atoms with Crippen LogP contribution in [0.3, 0.4) is 0 Å². The van der Waals surface area contributed by atoms with Crippen LogP contribution in [0.25, 0.3) is 0 Å². The first-order valence-corrected chi connectivity index (χ1v) is 5.04. The van der Waals surface area contributed by atoms with E-state index in [4.69, 9.17) is 5.84 Å². The molecule has 14 heavy (non-hydrogen) atoms. The Morgan fingerprint density at radius 1 is 1.36 bits per heavy atom.